The van der Waals surface area contributed by atoms with Crippen LogP contribution in [0.15, 0.2) is 28.8 Å². The van der Waals surface area contributed by atoms with Crippen molar-refractivity contribution in [3.05, 3.63) is 35.2 Å². The highest BCUT2D eigenvalue weighted by Crippen LogP contribution is 2.35. The average Bonchev–Trinajstić information content (AvgIpc) is 3.19. The van der Waals surface area contributed by atoms with Gasteiger partial charge in [0.2, 0.25) is 11.7 Å². The Morgan fingerprint density at radius 3 is 2.86 bits per heavy atom. The molecule has 1 heterocycles. The van der Waals surface area contributed by atoms with Crippen LogP contribution in [0.2, 0.25) is 5.02 Å². The van der Waals surface area contributed by atoms with Crippen molar-refractivity contribution < 1.29 is 4.52 Å². The lowest BCUT2D eigenvalue weighted by atomic mass is 10.1. The van der Waals surface area contributed by atoms with Gasteiger partial charge in [-0.05, 0) is 37.9 Å². The number of nitrogens with zero attached hydrogens (tertiary/aromatic N) is 3. The molecule has 0 bridgehead atoms. The Morgan fingerprint density at radius 2 is 2.19 bits per heavy atom. The van der Waals surface area contributed by atoms with Crippen molar-refractivity contribution >= 4 is 11.6 Å². The second-order valence-corrected chi connectivity index (χ2v) is 5.95. The SMILES string of the molecule is CN(Cc1nc(-c2ccccc2Cl)no1)C(CN)C1CC1. The number of halogens is 1. The summed E-state index contributed by atoms with van der Waals surface area (Å²) in [7, 11) is 2.05. The molecular formula is C15H19ClN4O. The molecule has 1 aliphatic carbocycles. The number of aromatic nitrogens is 2. The second kappa shape index (κ2) is 6.13. The Kier molecular flexibility index (Phi) is 4.24. The number of benzene rings is 1. The minimum Gasteiger partial charge on any atom is -0.338 e. The minimum absolute atomic E-state index is 0.390. The van der Waals surface area contributed by atoms with Gasteiger partial charge in [-0.1, -0.05) is 28.9 Å². The molecule has 0 aliphatic heterocycles. The van der Waals surface area contributed by atoms with E-state index in [9.17, 15) is 0 Å². The van der Waals surface area contributed by atoms with Gasteiger partial charge in [0.05, 0.1) is 11.6 Å². The normalized spacial score (nSPS) is 16.4. The standard InChI is InChI=1S/C15H19ClN4O/c1-20(13(8-17)10-6-7-10)9-14-18-15(19-21-14)11-4-2-3-5-12(11)16/h2-5,10,13H,6-9,17H2,1H3. The Bertz CT molecular complexity index is 611. The Labute approximate surface area is 129 Å². The molecule has 0 amide bonds. The van der Waals surface area contributed by atoms with Crippen molar-refractivity contribution in [2.75, 3.05) is 13.6 Å². The fourth-order valence-corrected chi connectivity index (χ4v) is 2.84. The van der Waals surface area contributed by atoms with Gasteiger partial charge in [-0.3, -0.25) is 4.90 Å². The van der Waals surface area contributed by atoms with Crippen molar-refractivity contribution in [2.24, 2.45) is 11.7 Å². The second-order valence-electron chi connectivity index (χ2n) is 5.55. The largest absolute Gasteiger partial charge is 0.338 e. The molecule has 5 nitrogen and oxygen atoms in total. The van der Waals surface area contributed by atoms with E-state index < -0.39 is 0 Å². The molecule has 1 unspecified atom stereocenters. The van der Waals surface area contributed by atoms with Gasteiger partial charge in [0.1, 0.15) is 0 Å². The lowest BCUT2D eigenvalue weighted by Crippen LogP contribution is -2.39. The van der Waals surface area contributed by atoms with Gasteiger partial charge in [0, 0.05) is 18.2 Å². The minimum atomic E-state index is 0.390. The van der Waals surface area contributed by atoms with Crippen LogP contribution in [0.4, 0.5) is 0 Å². The average molecular weight is 307 g/mol. The van der Waals surface area contributed by atoms with Gasteiger partial charge < -0.3 is 10.3 Å². The molecule has 0 saturated heterocycles. The first kappa shape index (κ1) is 14.5. The van der Waals surface area contributed by atoms with Crippen LogP contribution in [0.25, 0.3) is 11.4 Å². The molecule has 6 heteroatoms. The van der Waals surface area contributed by atoms with Gasteiger partial charge in [0.25, 0.3) is 0 Å². The van der Waals surface area contributed by atoms with E-state index >= 15 is 0 Å². The van der Waals surface area contributed by atoms with Crippen molar-refractivity contribution in [3.8, 4) is 11.4 Å². The zero-order valence-electron chi connectivity index (χ0n) is 12.0. The topological polar surface area (TPSA) is 68.2 Å². The summed E-state index contributed by atoms with van der Waals surface area (Å²) in [6.07, 6.45) is 2.53. The number of hydrogen-bond donors (Lipinski definition) is 1. The van der Waals surface area contributed by atoms with Crippen LogP contribution in [-0.4, -0.2) is 34.7 Å². The first-order valence-electron chi connectivity index (χ1n) is 7.17. The van der Waals surface area contributed by atoms with Gasteiger partial charge in [0.15, 0.2) is 0 Å². The maximum absolute atomic E-state index is 6.15. The van der Waals surface area contributed by atoms with Crippen LogP contribution >= 0.6 is 11.6 Å². The third kappa shape index (κ3) is 3.26. The molecule has 2 aromatic rings. The zero-order chi connectivity index (χ0) is 14.8. The third-order valence-corrected chi connectivity index (χ3v) is 4.27. The van der Waals surface area contributed by atoms with E-state index in [0.29, 0.717) is 41.8 Å². The first-order chi connectivity index (χ1) is 10.2. The summed E-state index contributed by atoms with van der Waals surface area (Å²) in [4.78, 5) is 6.63. The van der Waals surface area contributed by atoms with Gasteiger partial charge in [-0.15, -0.1) is 0 Å². The van der Waals surface area contributed by atoms with Crippen LogP contribution in [0.5, 0.6) is 0 Å². The van der Waals surface area contributed by atoms with E-state index in [-0.39, 0.29) is 0 Å². The first-order valence-corrected chi connectivity index (χ1v) is 7.54. The van der Waals surface area contributed by atoms with Crippen molar-refractivity contribution in [2.45, 2.75) is 25.4 Å². The molecule has 112 valence electrons. The summed E-state index contributed by atoms with van der Waals surface area (Å²) in [6, 6.07) is 7.87. The predicted molar refractivity (Wildman–Crippen MR) is 81.8 cm³/mol. The fourth-order valence-electron chi connectivity index (χ4n) is 2.61. The van der Waals surface area contributed by atoms with Crippen LogP contribution < -0.4 is 5.73 Å². The number of likely N-dealkylation sites (N-methyl/N-ethyl adjacent to an activating group) is 1. The maximum atomic E-state index is 6.15. The van der Waals surface area contributed by atoms with Crippen LogP contribution in [-0.2, 0) is 6.54 Å². The smallest absolute Gasteiger partial charge is 0.241 e. The highest BCUT2D eigenvalue weighted by molar-refractivity contribution is 6.33. The molecule has 1 aromatic heterocycles. The third-order valence-electron chi connectivity index (χ3n) is 3.94. The van der Waals surface area contributed by atoms with Crippen molar-refractivity contribution in [1.29, 1.82) is 0 Å². The summed E-state index contributed by atoms with van der Waals surface area (Å²) in [5.41, 5.74) is 6.65. The number of rotatable bonds is 6. The molecule has 1 saturated carbocycles. The molecule has 1 aliphatic rings. The van der Waals surface area contributed by atoms with E-state index in [2.05, 4.69) is 22.1 Å². The number of hydrogen-bond acceptors (Lipinski definition) is 5. The van der Waals surface area contributed by atoms with Gasteiger partial charge >= 0.3 is 0 Å². The van der Waals surface area contributed by atoms with Crippen LogP contribution in [0.1, 0.15) is 18.7 Å². The molecular weight excluding hydrogens is 288 g/mol. The zero-order valence-corrected chi connectivity index (χ0v) is 12.8. The maximum Gasteiger partial charge on any atom is 0.241 e. The molecule has 0 radical (unpaired) electrons. The van der Waals surface area contributed by atoms with E-state index in [1.54, 1.807) is 0 Å². The fraction of sp³-hybridized carbons (Fsp3) is 0.467. The van der Waals surface area contributed by atoms with E-state index in [0.717, 1.165) is 5.56 Å². The number of nitrogens with two attached hydrogens (primary N) is 1. The van der Waals surface area contributed by atoms with Crippen molar-refractivity contribution in [1.82, 2.24) is 15.0 Å². The Hall–Kier alpha value is -1.43. The van der Waals surface area contributed by atoms with E-state index in [4.69, 9.17) is 21.9 Å². The van der Waals surface area contributed by atoms with Gasteiger partial charge in [-0.25, -0.2) is 0 Å². The molecule has 3 rings (SSSR count). The lowest BCUT2D eigenvalue weighted by Gasteiger charge is -2.25. The highest BCUT2D eigenvalue weighted by atomic mass is 35.5. The molecule has 1 atom stereocenters. The monoisotopic (exact) mass is 306 g/mol. The molecule has 1 aromatic carbocycles. The molecule has 2 N–H and O–H groups in total. The summed E-state index contributed by atoms with van der Waals surface area (Å²) >= 11 is 6.15. The van der Waals surface area contributed by atoms with Crippen molar-refractivity contribution in [3.63, 3.8) is 0 Å². The molecule has 21 heavy (non-hydrogen) atoms. The highest BCUT2D eigenvalue weighted by Gasteiger charge is 2.33. The Balaban J connectivity index is 1.72. The van der Waals surface area contributed by atoms with Crippen LogP contribution in [0, 0.1) is 5.92 Å². The molecule has 0 spiro atoms. The van der Waals surface area contributed by atoms with E-state index in [1.165, 1.54) is 12.8 Å². The van der Waals surface area contributed by atoms with Crippen LogP contribution in [0.3, 0.4) is 0 Å². The lowest BCUT2D eigenvalue weighted by molar-refractivity contribution is 0.189. The summed E-state index contributed by atoms with van der Waals surface area (Å²) < 4.78 is 5.34. The predicted octanol–water partition coefficient (Wildman–Crippen LogP) is 2.56. The quantitative estimate of drug-likeness (QED) is 0.888. The summed E-state index contributed by atoms with van der Waals surface area (Å²) in [5, 5.41) is 4.64. The molecule has 1 fully saturated rings. The van der Waals surface area contributed by atoms with E-state index in [1.807, 2.05) is 24.3 Å². The van der Waals surface area contributed by atoms with Gasteiger partial charge in [-0.2, -0.15) is 4.98 Å². The summed E-state index contributed by atoms with van der Waals surface area (Å²) in [5.74, 6) is 1.83. The Morgan fingerprint density at radius 1 is 1.43 bits per heavy atom. The summed E-state index contributed by atoms with van der Waals surface area (Å²) in [6.45, 7) is 1.27.